The van der Waals surface area contributed by atoms with Crippen molar-refractivity contribution in [3.05, 3.63) is 0 Å². The van der Waals surface area contributed by atoms with Gasteiger partial charge < -0.3 is 20.4 Å². The Bertz CT molecular complexity index is 357. The van der Waals surface area contributed by atoms with E-state index in [-0.39, 0.29) is 5.41 Å². The van der Waals surface area contributed by atoms with Crippen molar-refractivity contribution in [2.24, 2.45) is 16.3 Å². The van der Waals surface area contributed by atoms with Gasteiger partial charge >= 0.3 is 0 Å². The molecule has 5 heteroatoms. The van der Waals surface area contributed by atoms with Gasteiger partial charge in [0.05, 0.1) is 0 Å². The van der Waals surface area contributed by atoms with Gasteiger partial charge in [-0.05, 0) is 71.2 Å². The van der Waals surface area contributed by atoms with Gasteiger partial charge in [-0.15, -0.1) is 0 Å². The van der Waals surface area contributed by atoms with Crippen LogP contribution in [0.2, 0.25) is 0 Å². The Morgan fingerprint density at radius 3 is 2.46 bits per heavy atom. The molecule has 24 heavy (non-hydrogen) atoms. The van der Waals surface area contributed by atoms with Gasteiger partial charge in [-0.2, -0.15) is 0 Å². The number of hydrogen-bond acceptors (Lipinski definition) is 3. The first kappa shape index (κ1) is 21.2. The molecule has 0 aromatic carbocycles. The topological polar surface area (TPSA) is 42.9 Å². The number of aliphatic imine (C=N–C) groups is 1. The molecule has 1 aliphatic rings. The fourth-order valence-electron chi connectivity index (χ4n) is 3.34. The van der Waals surface area contributed by atoms with E-state index in [1.54, 1.807) is 0 Å². The zero-order valence-corrected chi connectivity index (χ0v) is 17.0. The Kier molecular flexibility index (Phi) is 9.67. The zero-order valence-electron chi connectivity index (χ0n) is 17.0. The lowest BCUT2D eigenvalue weighted by atomic mass is 9.93. The van der Waals surface area contributed by atoms with Gasteiger partial charge in [0.25, 0.3) is 0 Å². The second kappa shape index (κ2) is 10.9. The van der Waals surface area contributed by atoms with E-state index in [4.69, 9.17) is 4.99 Å². The lowest BCUT2D eigenvalue weighted by molar-refractivity contribution is 0.191. The van der Waals surface area contributed by atoms with Crippen LogP contribution < -0.4 is 10.6 Å². The molecule has 0 aromatic heterocycles. The normalized spacial score (nSPS) is 18.2. The lowest BCUT2D eigenvalue weighted by Crippen LogP contribution is -2.41. The Morgan fingerprint density at radius 1 is 1.21 bits per heavy atom. The largest absolute Gasteiger partial charge is 0.357 e. The third-order valence-electron chi connectivity index (χ3n) is 4.57. The van der Waals surface area contributed by atoms with E-state index in [0.29, 0.717) is 0 Å². The van der Waals surface area contributed by atoms with E-state index >= 15 is 0 Å². The maximum Gasteiger partial charge on any atom is 0.191 e. The van der Waals surface area contributed by atoms with Gasteiger partial charge in [-0.1, -0.05) is 20.8 Å². The van der Waals surface area contributed by atoms with Crippen molar-refractivity contribution < 1.29 is 0 Å². The minimum absolute atomic E-state index is 0.191. The Hall–Kier alpha value is -0.810. The summed E-state index contributed by atoms with van der Waals surface area (Å²) >= 11 is 0. The minimum atomic E-state index is 0.191. The maximum atomic E-state index is 4.79. The van der Waals surface area contributed by atoms with Crippen LogP contribution in [0.5, 0.6) is 0 Å². The molecule has 0 amide bonds. The van der Waals surface area contributed by atoms with E-state index in [2.05, 4.69) is 62.2 Å². The summed E-state index contributed by atoms with van der Waals surface area (Å²) in [4.78, 5) is 9.62. The zero-order chi connectivity index (χ0) is 18.0. The summed E-state index contributed by atoms with van der Waals surface area (Å²) in [6.07, 6.45) is 3.90. The molecule has 1 fully saturated rings. The van der Waals surface area contributed by atoms with Crippen molar-refractivity contribution in [1.29, 1.82) is 0 Å². The predicted octanol–water partition coefficient (Wildman–Crippen LogP) is 2.25. The molecular weight excluding hydrogens is 298 g/mol. The second-order valence-electron chi connectivity index (χ2n) is 8.40. The molecule has 0 unspecified atom stereocenters. The van der Waals surface area contributed by atoms with Crippen molar-refractivity contribution in [1.82, 2.24) is 20.4 Å². The van der Waals surface area contributed by atoms with Gasteiger partial charge in [0.15, 0.2) is 5.96 Å². The van der Waals surface area contributed by atoms with E-state index < -0.39 is 0 Å². The molecule has 0 atom stereocenters. The third kappa shape index (κ3) is 9.48. The molecule has 1 rings (SSSR count). The van der Waals surface area contributed by atoms with E-state index in [9.17, 15) is 0 Å². The summed E-state index contributed by atoms with van der Waals surface area (Å²) in [5.41, 5.74) is 0.191. The molecule has 1 heterocycles. The molecule has 1 saturated heterocycles. The van der Waals surface area contributed by atoms with Crippen molar-refractivity contribution in [2.75, 3.05) is 59.9 Å². The quantitative estimate of drug-likeness (QED) is 0.384. The molecular formula is C19H41N5. The summed E-state index contributed by atoms with van der Waals surface area (Å²) in [5.74, 6) is 1.87. The summed E-state index contributed by atoms with van der Waals surface area (Å²) in [6, 6.07) is 0. The number of nitrogens with zero attached hydrogens (tertiary/aromatic N) is 3. The van der Waals surface area contributed by atoms with Gasteiger partial charge in [-0.25, -0.2) is 0 Å². The first-order chi connectivity index (χ1) is 11.3. The molecule has 0 saturated carbocycles. The van der Waals surface area contributed by atoms with Crippen LogP contribution in [0.25, 0.3) is 0 Å². The number of rotatable bonds is 9. The van der Waals surface area contributed by atoms with Gasteiger partial charge in [-0.3, -0.25) is 4.99 Å². The third-order valence-corrected chi connectivity index (χ3v) is 4.57. The van der Waals surface area contributed by atoms with E-state index in [1.165, 1.54) is 38.9 Å². The van der Waals surface area contributed by atoms with Crippen LogP contribution in [-0.4, -0.2) is 75.7 Å². The van der Waals surface area contributed by atoms with Crippen molar-refractivity contribution in [3.8, 4) is 0 Å². The van der Waals surface area contributed by atoms with E-state index in [1.807, 2.05) is 0 Å². The van der Waals surface area contributed by atoms with Gasteiger partial charge in [0, 0.05) is 26.2 Å². The fraction of sp³-hybridized carbons (Fsp3) is 0.947. The Labute approximate surface area is 150 Å². The van der Waals surface area contributed by atoms with Gasteiger partial charge in [0.2, 0.25) is 0 Å². The lowest BCUT2D eigenvalue weighted by Gasteiger charge is -2.30. The molecule has 5 nitrogen and oxygen atoms in total. The van der Waals surface area contributed by atoms with Crippen molar-refractivity contribution >= 4 is 5.96 Å². The van der Waals surface area contributed by atoms with Crippen LogP contribution in [0.15, 0.2) is 4.99 Å². The molecule has 0 radical (unpaired) electrons. The predicted molar refractivity (Wildman–Crippen MR) is 106 cm³/mol. The molecule has 0 bridgehead atoms. The summed E-state index contributed by atoms with van der Waals surface area (Å²) in [6.45, 7) is 16.6. The molecule has 1 aliphatic heterocycles. The average molecular weight is 340 g/mol. The summed E-state index contributed by atoms with van der Waals surface area (Å²) < 4.78 is 0. The number of piperidine rings is 1. The molecule has 0 aliphatic carbocycles. The first-order valence-electron chi connectivity index (χ1n) is 9.71. The SMILES string of the molecule is CCNC(=NCC(C)(C)CN(C)C)NCCCN1CCC(C)CC1. The van der Waals surface area contributed by atoms with E-state index in [0.717, 1.165) is 38.1 Å². The number of hydrogen-bond donors (Lipinski definition) is 2. The van der Waals surface area contributed by atoms with Crippen LogP contribution in [0.3, 0.4) is 0 Å². The molecule has 142 valence electrons. The average Bonchev–Trinajstić information content (AvgIpc) is 2.49. The van der Waals surface area contributed by atoms with Crippen molar-refractivity contribution in [3.63, 3.8) is 0 Å². The second-order valence-corrected chi connectivity index (χ2v) is 8.40. The smallest absolute Gasteiger partial charge is 0.191 e. The fourth-order valence-corrected chi connectivity index (χ4v) is 3.34. The standard InChI is InChI=1S/C19H41N5/c1-7-20-18(22-15-19(3,4)16-23(5)6)21-11-8-12-24-13-9-17(2)10-14-24/h17H,7-16H2,1-6H3,(H2,20,21,22). The number of guanidine groups is 1. The Morgan fingerprint density at radius 2 is 1.88 bits per heavy atom. The Balaban J connectivity index is 2.30. The highest BCUT2D eigenvalue weighted by Crippen LogP contribution is 2.16. The van der Waals surface area contributed by atoms with Crippen LogP contribution in [0.4, 0.5) is 0 Å². The number of likely N-dealkylation sites (tertiary alicyclic amines) is 1. The molecule has 2 N–H and O–H groups in total. The first-order valence-corrected chi connectivity index (χ1v) is 9.71. The highest BCUT2D eigenvalue weighted by atomic mass is 15.2. The summed E-state index contributed by atoms with van der Waals surface area (Å²) in [5, 5.41) is 6.86. The van der Waals surface area contributed by atoms with Crippen LogP contribution in [-0.2, 0) is 0 Å². The maximum absolute atomic E-state index is 4.79. The van der Waals surface area contributed by atoms with Crippen LogP contribution in [0.1, 0.15) is 47.0 Å². The highest BCUT2D eigenvalue weighted by Gasteiger charge is 2.18. The minimum Gasteiger partial charge on any atom is -0.357 e. The monoisotopic (exact) mass is 339 g/mol. The van der Waals surface area contributed by atoms with Crippen LogP contribution >= 0.6 is 0 Å². The highest BCUT2D eigenvalue weighted by molar-refractivity contribution is 5.79. The van der Waals surface area contributed by atoms with Crippen LogP contribution in [0, 0.1) is 11.3 Å². The number of nitrogens with one attached hydrogen (secondary N) is 2. The molecule has 0 aromatic rings. The van der Waals surface area contributed by atoms with Gasteiger partial charge in [0.1, 0.15) is 0 Å². The molecule has 0 spiro atoms. The van der Waals surface area contributed by atoms with Crippen molar-refractivity contribution in [2.45, 2.75) is 47.0 Å². The summed E-state index contributed by atoms with van der Waals surface area (Å²) in [7, 11) is 4.24.